The highest BCUT2D eigenvalue weighted by atomic mass is 35.5. The molecule has 0 heterocycles. The first-order valence-electron chi connectivity index (χ1n) is 4.21. The van der Waals surface area contributed by atoms with Crippen LogP contribution < -0.4 is 0 Å². The molecule has 1 rings (SSSR count). The lowest BCUT2D eigenvalue weighted by atomic mass is 10.0. The second-order valence-corrected chi connectivity index (χ2v) is 3.35. The number of ether oxygens (including phenoxy) is 1. The van der Waals surface area contributed by atoms with Gasteiger partial charge in [0.05, 0.1) is 28.8 Å². The maximum Gasteiger partial charge on any atom is 0.418 e. The number of nitrogens with zero attached hydrogens (tertiary/aromatic N) is 1. The van der Waals surface area contributed by atoms with E-state index in [1.807, 2.05) is 0 Å². The Labute approximate surface area is 99.4 Å². The summed E-state index contributed by atoms with van der Waals surface area (Å²) in [4.78, 5) is 11.2. The van der Waals surface area contributed by atoms with Crippen LogP contribution in [0.2, 0.25) is 5.02 Å². The van der Waals surface area contributed by atoms with E-state index < -0.39 is 28.8 Å². The summed E-state index contributed by atoms with van der Waals surface area (Å²) < 4.78 is 42.5. The highest BCUT2D eigenvalue weighted by Crippen LogP contribution is 2.37. The van der Waals surface area contributed by atoms with Crippen molar-refractivity contribution in [3.63, 3.8) is 0 Å². The summed E-state index contributed by atoms with van der Waals surface area (Å²) in [6, 6.07) is 3.25. The fourth-order valence-corrected chi connectivity index (χ4v) is 1.46. The van der Waals surface area contributed by atoms with E-state index in [4.69, 9.17) is 16.9 Å². The van der Waals surface area contributed by atoms with Crippen molar-refractivity contribution in [1.82, 2.24) is 0 Å². The number of alkyl halides is 3. The van der Waals surface area contributed by atoms with Crippen LogP contribution in [-0.2, 0) is 10.9 Å². The molecular formula is C10H5ClF3NO2. The number of nitriles is 1. The molecule has 0 aliphatic rings. The van der Waals surface area contributed by atoms with Gasteiger partial charge in [-0.25, -0.2) is 4.79 Å². The van der Waals surface area contributed by atoms with Gasteiger partial charge in [-0.1, -0.05) is 11.6 Å². The van der Waals surface area contributed by atoms with Gasteiger partial charge in [0.1, 0.15) is 6.07 Å². The van der Waals surface area contributed by atoms with Gasteiger partial charge in [0.25, 0.3) is 0 Å². The quantitative estimate of drug-likeness (QED) is 0.732. The monoisotopic (exact) mass is 263 g/mol. The Kier molecular flexibility index (Phi) is 3.63. The zero-order valence-corrected chi connectivity index (χ0v) is 9.19. The number of rotatable bonds is 1. The second-order valence-electron chi connectivity index (χ2n) is 2.95. The zero-order chi connectivity index (χ0) is 13.2. The van der Waals surface area contributed by atoms with E-state index >= 15 is 0 Å². The van der Waals surface area contributed by atoms with Crippen molar-refractivity contribution in [2.24, 2.45) is 0 Å². The van der Waals surface area contributed by atoms with Crippen LogP contribution in [0.25, 0.3) is 0 Å². The number of hydrogen-bond donors (Lipinski definition) is 0. The lowest BCUT2D eigenvalue weighted by Crippen LogP contribution is -2.16. The standard InChI is InChI=1S/C10H5ClF3NO2/c1-17-9(16)5-2-3-7(11)6(4-15)8(5)10(12,13)14/h2-3H,1H3. The molecule has 0 aliphatic carbocycles. The van der Waals surface area contributed by atoms with Crippen molar-refractivity contribution in [2.75, 3.05) is 7.11 Å². The highest BCUT2D eigenvalue weighted by Gasteiger charge is 2.39. The molecule has 0 N–H and O–H groups in total. The SMILES string of the molecule is COC(=O)c1ccc(Cl)c(C#N)c1C(F)(F)F. The number of hydrogen-bond acceptors (Lipinski definition) is 3. The van der Waals surface area contributed by atoms with Crippen LogP contribution in [0.1, 0.15) is 21.5 Å². The number of benzene rings is 1. The van der Waals surface area contributed by atoms with E-state index in [2.05, 4.69) is 4.74 Å². The molecule has 0 saturated heterocycles. The van der Waals surface area contributed by atoms with Crippen LogP contribution in [0.3, 0.4) is 0 Å². The number of carbonyl (C=O) groups excluding carboxylic acids is 1. The first kappa shape index (κ1) is 13.3. The van der Waals surface area contributed by atoms with Crippen molar-refractivity contribution in [2.45, 2.75) is 6.18 Å². The summed E-state index contributed by atoms with van der Waals surface area (Å²) in [5.74, 6) is -1.18. The van der Waals surface area contributed by atoms with Crippen LogP contribution in [0, 0.1) is 11.3 Å². The first-order valence-corrected chi connectivity index (χ1v) is 4.58. The maximum absolute atomic E-state index is 12.8. The molecule has 1 aromatic rings. The topological polar surface area (TPSA) is 50.1 Å². The largest absolute Gasteiger partial charge is 0.465 e. The van der Waals surface area contributed by atoms with Gasteiger partial charge >= 0.3 is 12.1 Å². The van der Waals surface area contributed by atoms with E-state index in [1.54, 1.807) is 0 Å². The second kappa shape index (κ2) is 4.63. The third-order valence-corrected chi connectivity index (χ3v) is 2.27. The molecule has 1 aromatic carbocycles. The Hall–Kier alpha value is -1.74. The summed E-state index contributed by atoms with van der Waals surface area (Å²) in [6.45, 7) is 0. The molecule has 0 saturated carbocycles. The van der Waals surface area contributed by atoms with Gasteiger partial charge in [-0.3, -0.25) is 0 Å². The van der Waals surface area contributed by atoms with E-state index in [-0.39, 0.29) is 5.02 Å². The molecule has 3 nitrogen and oxygen atoms in total. The van der Waals surface area contributed by atoms with Crippen LogP contribution in [0.4, 0.5) is 13.2 Å². The third kappa shape index (κ3) is 2.50. The number of halogens is 4. The minimum absolute atomic E-state index is 0.368. The van der Waals surface area contributed by atoms with E-state index in [0.29, 0.717) is 0 Å². The molecule has 0 amide bonds. The Morgan fingerprint density at radius 1 is 1.47 bits per heavy atom. The van der Waals surface area contributed by atoms with Crippen molar-refractivity contribution in [3.8, 4) is 6.07 Å². The average Bonchev–Trinajstić information content (AvgIpc) is 2.26. The molecule has 0 fully saturated rings. The highest BCUT2D eigenvalue weighted by molar-refractivity contribution is 6.32. The summed E-state index contributed by atoms with van der Waals surface area (Å²) in [6.07, 6.45) is -4.86. The van der Waals surface area contributed by atoms with Gasteiger partial charge in [0, 0.05) is 0 Å². The Bertz CT molecular complexity index is 505. The maximum atomic E-state index is 12.8. The minimum Gasteiger partial charge on any atom is -0.465 e. The van der Waals surface area contributed by atoms with Crippen molar-refractivity contribution in [1.29, 1.82) is 5.26 Å². The first-order chi connectivity index (χ1) is 7.82. The van der Waals surface area contributed by atoms with Crippen molar-refractivity contribution >= 4 is 17.6 Å². The van der Waals surface area contributed by atoms with E-state index in [0.717, 1.165) is 19.2 Å². The molecule has 0 aliphatic heterocycles. The molecule has 0 bridgehead atoms. The number of carbonyl (C=O) groups is 1. The Morgan fingerprint density at radius 3 is 2.47 bits per heavy atom. The van der Waals surface area contributed by atoms with Crippen molar-refractivity contribution < 1.29 is 22.7 Å². The Balaban J connectivity index is 3.65. The fraction of sp³-hybridized carbons (Fsp3) is 0.200. The Morgan fingerprint density at radius 2 is 2.06 bits per heavy atom. The lowest BCUT2D eigenvalue weighted by molar-refractivity contribution is -0.138. The van der Waals surface area contributed by atoms with Crippen LogP contribution >= 0.6 is 11.6 Å². The molecule has 0 aromatic heterocycles. The summed E-state index contributed by atoms with van der Waals surface area (Å²) in [7, 11) is 0.948. The van der Waals surface area contributed by atoms with Crippen LogP contribution in [0.15, 0.2) is 12.1 Å². The summed E-state index contributed by atoms with van der Waals surface area (Å²) in [5, 5.41) is 8.29. The number of methoxy groups -OCH3 is 1. The third-order valence-electron chi connectivity index (χ3n) is 1.96. The van der Waals surface area contributed by atoms with E-state index in [1.165, 1.54) is 6.07 Å². The van der Waals surface area contributed by atoms with Gasteiger partial charge in [0.2, 0.25) is 0 Å². The van der Waals surface area contributed by atoms with Gasteiger partial charge in [-0.05, 0) is 12.1 Å². The number of esters is 1. The average molecular weight is 264 g/mol. The van der Waals surface area contributed by atoms with Crippen LogP contribution in [-0.4, -0.2) is 13.1 Å². The van der Waals surface area contributed by atoms with Gasteiger partial charge in [0.15, 0.2) is 0 Å². The lowest BCUT2D eigenvalue weighted by Gasteiger charge is -2.13. The summed E-state index contributed by atoms with van der Waals surface area (Å²) >= 11 is 5.48. The molecule has 0 radical (unpaired) electrons. The molecule has 17 heavy (non-hydrogen) atoms. The smallest absolute Gasteiger partial charge is 0.418 e. The fourth-order valence-electron chi connectivity index (χ4n) is 1.26. The molecule has 0 unspecified atom stereocenters. The van der Waals surface area contributed by atoms with Gasteiger partial charge in [-0.2, -0.15) is 18.4 Å². The predicted molar refractivity (Wildman–Crippen MR) is 52.5 cm³/mol. The van der Waals surface area contributed by atoms with E-state index in [9.17, 15) is 18.0 Å². The van der Waals surface area contributed by atoms with Gasteiger partial charge < -0.3 is 4.74 Å². The predicted octanol–water partition coefficient (Wildman–Crippen LogP) is 3.02. The zero-order valence-electron chi connectivity index (χ0n) is 8.43. The molecule has 0 spiro atoms. The van der Waals surface area contributed by atoms with Crippen molar-refractivity contribution in [3.05, 3.63) is 33.8 Å². The van der Waals surface area contributed by atoms with Gasteiger partial charge in [-0.15, -0.1) is 0 Å². The molecule has 0 atom stereocenters. The molecule has 90 valence electrons. The molecular weight excluding hydrogens is 259 g/mol. The molecule has 7 heteroatoms. The van der Waals surface area contributed by atoms with Crippen LogP contribution in [0.5, 0.6) is 0 Å². The normalized spacial score (nSPS) is 10.8. The minimum atomic E-state index is -4.86. The summed E-state index contributed by atoms with van der Waals surface area (Å²) in [5.41, 5.74) is -2.90.